The number of anilines is 3. The molecule has 0 saturated carbocycles. The number of aryl methyl sites for hydroxylation is 1. The zero-order valence-electron chi connectivity index (χ0n) is 13.0. The number of hydrogen-bond donors (Lipinski definition) is 3. The minimum absolute atomic E-state index is 0.662. The van der Waals surface area contributed by atoms with Gasteiger partial charge in [-0.1, -0.05) is 41.9 Å². The molecular formula is C17H17BN4O. The van der Waals surface area contributed by atoms with E-state index in [-0.39, 0.29) is 0 Å². The molecule has 0 aliphatic rings. The van der Waals surface area contributed by atoms with Gasteiger partial charge in [-0.2, -0.15) is 0 Å². The molecule has 6 heteroatoms. The molecule has 3 rings (SSSR count). The smallest absolute Gasteiger partial charge is 0.142 e. The van der Waals surface area contributed by atoms with Crippen LogP contribution in [0.25, 0.3) is 11.3 Å². The van der Waals surface area contributed by atoms with Crippen molar-refractivity contribution in [3.8, 4) is 11.3 Å². The molecule has 0 fully saturated rings. The van der Waals surface area contributed by atoms with Crippen LogP contribution in [0.5, 0.6) is 0 Å². The quantitative estimate of drug-likeness (QED) is 0.509. The Kier molecular flexibility index (Phi) is 4.25. The lowest BCUT2D eigenvalue weighted by Gasteiger charge is -2.13. The number of nitrogens with one attached hydrogen (secondary N) is 2. The maximum Gasteiger partial charge on any atom is 0.142 e. The van der Waals surface area contributed by atoms with Gasteiger partial charge in [0.15, 0.2) is 0 Å². The van der Waals surface area contributed by atoms with Crippen LogP contribution in [0.3, 0.4) is 0 Å². The van der Waals surface area contributed by atoms with Crippen LogP contribution in [0.4, 0.5) is 17.2 Å². The van der Waals surface area contributed by atoms with Crippen molar-refractivity contribution in [2.45, 2.75) is 6.92 Å². The molecule has 1 heterocycles. The Bertz CT molecular complexity index is 824. The summed E-state index contributed by atoms with van der Waals surface area (Å²) in [6.07, 6.45) is 1.54. The number of hydrogen-bond acceptors (Lipinski definition) is 5. The van der Waals surface area contributed by atoms with E-state index in [1.165, 1.54) is 0 Å². The molecule has 3 aromatic rings. The van der Waals surface area contributed by atoms with Crippen molar-refractivity contribution in [1.29, 1.82) is 0 Å². The molecular weight excluding hydrogens is 287 g/mol. The molecule has 0 aliphatic heterocycles. The van der Waals surface area contributed by atoms with Gasteiger partial charge in [0.25, 0.3) is 0 Å². The second kappa shape index (κ2) is 6.50. The summed E-state index contributed by atoms with van der Waals surface area (Å²) in [5.74, 6) is 0.703. The van der Waals surface area contributed by atoms with Crippen LogP contribution in [-0.4, -0.2) is 23.0 Å². The predicted molar refractivity (Wildman–Crippen MR) is 95.5 cm³/mol. The van der Waals surface area contributed by atoms with Crippen LogP contribution in [-0.2, 0) is 0 Å². The van der Waals surface area contributed by atoms with Crippen LogP contribution in [0.15, 0.2) is 54.9 Å². The summed E-state index contributed by atoms with van der Waals surface area (Å²) in [4.78, 5) is 8.59. The van der Waals surface area contributed by atoms with Crippen molar-refractivity contribution in [2.75, 3.05) is 10.8 Å². The molecule has 1 aromatic heterocycles. The SMILES string of the molecule is Bc1cc(C)c(NO)cc1Nc1cc(-c2ccccc2)ncn1. The molecule has 0 saturated heterocycles. The standard InChI is InChI=1S/C17H17BN4O/c1-11-7-13(18)16(8-14(11)22-23)21-17-9-15(19-10-20-17)12-5-3-2-4-6-12/h2-10,22-23H,18H2,1H3,(H,19,20,21). The third-order valence-corrected chi connectivity index (χ3v) is 3.69. The first-order valence-electron chi connectivity index (χ1n) is 7.33. The van der Waals surface area contributed by atoms with E-state index in [1.807, 2.05) is 63.3 Å². The lowest BCUT2D eigenvalue weighted by atomic mass is 9.91. The highest BCUT2D eigenvalue weighted by atomic mass is 16.5. The molecule has 5 nitrogen and oxygen atoms in total. The average Bonchev–Trinajstić information content (AvgIpc) is 2.58. The third-order valence-electron chi connectivity index (χ3n) is 3.69. The molecule has 0 atom stereocenters. The fourth-order valence-corrected chi connectivity index (χ4v) is 2.44. The minimum atomic E-state index is 0.662. The van der Waals surface area contributed by atoms with Crippen molar-refractivity contribution in [1.82, 2.24) is 9.97 Å². The molecule has 0 radical (unpaired) electrons. The predicted octanol–water partition coefficient (Wildman–Crippen LogP) is 2.26. The van der Waals surface area contributed by atoms with Gasteiger partial charge in [-0.15, -0.1) is 0 Å². The van der Waals surface area contributed by atoms with Gasteiger partial charge in [-0.05, 0) is 18.6 Å². The molecule has 0 spiro atoms. The summed E-state index contributed by atoms with van der Waals surface area (Å²) in [6.45, 7) is 1.94. The van der Waals surface area contributed by atoms with Crippen molar-refractivity contribution in [3.63, 3.8) is 0 Å². The van der Waals surface area contributed by atoms with Crippen molar-refractivity contribution < 1.29 is 5.21 Å². The summed E-state index contributed by atoms with van der Waals surface area (Å²) in [5, 5.41) is 12.5. The van der Waals surface area contributed by atoms with Gasteiger partial charge in [0, 0.05) is 17.3 Å². The van der Waals surface area contributed by atoms with Crippen molar-refractivity contribution in [3.05, 3.63) is 60.4 Å². The van der Waals surface area contributed by atoms with E-state index in [2.05, 4.69) is 20.8 Å². The molecule has 0 amide bonds. The molecule has 2 aromatic carbocycles. The Balaban J connectivity index is 1.92. The summed E-state index contributed by atoms with van der Waals surface area (Å²) < 4.78 is 0. The summed E-state index contributed by atoms with van der Waals surface area (Å²) in [6, 6.07) is 15.7. The van der Waals surface area contributed by atoms with E-state index in [4.69, 9.17) is 0 Å². The van der Waals surface area contributed by atoms with E-state index >= 15 is 0 Å². The van der Waals surface area contributed by atoms with E-state index in [1.54, 1.807) is 6.33 Å². The first-order chi connectivity index (χ1) is 11.2. The molecule has 114 valence electrons. The molecule has 0 bridgehead atoms. The van der Waals surface area contributed by atoms with Gasteiger partial charge in [0.2, 0.25) is 0 Å². The molecule has 0 unspecified atom stereocenters. The van der Waals surface area contributed by atoms with Crippen LogP contribution in [0.1, 0.15) is 5.56 Å². The Labute approximate surface area is 135 Å². The number of nitrogens with zero attached hydrogens (tertiary/aromatic N) is 2. The summed E-state index contributed by atoms with van der Waals surface area (Å²) >= 11 is 0. The minimum Gasteiger partial charge on any atom is -0.341 e. The highest BCUT2D eigenvalue weighted by molar-refractivity contribution is 6.36. The van der Waals surface area contributed by atoms with Gasteiger partial charge < -0.3 is 5.32 Å². The normalized spacial score (nSPS) is 10.3. The fraction of sp³-hybridized carbons (Fsp3) is 0.0588. The monoisotopic (exact) mass is 304 g/mol. The molecule has 0 aliphatic carbocycles. The lowest BCUT2D eigenvalue weighted by Crippen LogP contribution is -2.12. The lowest BCUT2D eigenvalue weighted by molar-refractivity contribution is 0.388. The summed E-state index contributed by atoms with van der Waals surface area (Å²) in [7, 11) is 2.01. The zero-order chi connectivity index (χ0) is 16.2. The number of aromatic nitrogens is 2. The second-order valence-electron chi connectivity index (χ2n) is 5.37. The molecule has 23 heavy (non-hydrogen) atoms. The topological polar surface area (TPSA) is 70.1 Å². The van der Waals surface area contributed by atoms with Gasteiger partial charge in [0.1, 0.15) is 20.0 Å². The molecule has 3 N–H and O–H groups in total. The highest BCUT2D eigenvalue weighted by Gasteiger charge is 2.06. The number of rotatable bonds is 4. The van der Waals surface area contributed by atoms with E-state index < -0.39 is 0 Å². The Morgan fingerprint density at radius 1 is 1.00 bits per heavy atom. The Morgan fingerprint density at radius 3 is 2.52 bits per heavy atom. The largest absolute Gasteiger partial charge is 0.341 e. The van der Waals surface area contributed by atoms with Crippen molar-refractivity contribution in [2.24, 2.45) is 0 Å². The van der Waals surface area contributed by atoms with Crippen LogP contribution in [0, 0.1) is 6.92 Å². The first kappa shape index (κ1) is 15.1. The number of benzene rings is 2. The van der Waals surface area contributed by atoms with E-state index in [9.17, 15) is 5.21 Å². The maximum atomic E-state index is 9.19. The highest BCUT2D eigenvalue weighted by Crippen LogP contribution is 2.22. The Morgan fingerprint density at radius 2 is 1.78 bits per heavy atom. The average molecular weight is 304 g/mol. The van der Waals surface area contributed by atoms with Crippen LogP contribution >= 0.6 is 0 Å². The second-order valence-corrected chi connectivity index (χ2v) is 5.37. The first-order valence-corrected chi connectivity index (χ1v) is 7.33. The Hall–Kier alpha value is -2.86. The zero-order valence-corrected chi connectivity index (χ0v) is 13.0. The maximum absolute atomic E-state index is 9.19. The van der Waals surface area contributed by atoms with Gasteiger partial charge in [-0.25, -0.2) is 9.97 Å². The third kappa shape index (κ3) is 3.32. The van der Waals surface area contributed by atoms with Gasteiger partial charge in [-0.3, -0.25) is 10.7 Å². The van der Waals surface area contributed by atoms with Crippen molar-refractivity contribution >= 4 is 30.5 Å². The van der Waals surface area contributed by atoms with Gasteiger partial charge >= 0.3 is 0 Å². The van der Waals surface area contributed by atoms with E-state index in [0.717, 1.165) is 28.0 Å². The van der Waals surface area contributed by atoms with Crippen LogP contribution < -0.4 is 16.3 Å². The fourth-order valence-electron chi connectivity index (χ4n) is 2.44. The summed E-state index contributed by atoms with van der Waals surface area (Å²) in [5.41, 5.74) is 7.69. The van der Waals surface area contributed by atoms with Crippen LogP contribution in [0.2, 0.25) is 0 Å². The van der Waals surface area contributed by atoms with E-state index in [0.29, 0.717) is 11.5 Å². The van der Waals surface area contributed by atoms with Gasteiger partial charge in [0.05, 0.1) is 11.4 Å².